The topological polar surface area (TPSA) is 43.4 Å². The molecule has 0 saturated carbocycles. The van der Waals surface area contributed by atoms with E-state index in [0.29, 0.717) is 17.0 Å². The minimum atomic E-state index is -3.90. The summed E-state index contributed by atoms with van der Waals surface area (Å²) in [6.45, 7) is 4.63. The number of halogens is 3. The zero-order valence-corrected chi connectivity index (χ0v) is 14.5. The Morgan fingerprint density at radius 1 is 1.37 bits per heavy atom. The van der Waals surface area contributed by atoms with Gasteiger partial charge in [0.05, 0.1) is 11.6 Å². The first kappa shape index (κ1) is 17.1. The summed E-state index contributed by atoms with van der Waals surface area (Å²) in [5.74, 6) is 0.684. The zero-order chi connectivity index (χ0) is 14.6. The Bertz CT molecular complexity index is 544. The Labute approximate surface area is 131 Å². The van der Waals surface area contributed by atoms with E-state index in [1.165, 1.54) is 6.07 Å². The van der Waals surface area contributed by atoms with Crippen molar-refractivity contribution in [2.45, 2.75) is 31.6 Å². The smallest absolute Gasteiger partial charge is 0.265 e. The summed E-state index contributed by atoms with van der Waals surface area (Å²) >= 11 is 9.18. The second-order valence-electron chi connectivity index (χ2n) is 4.54. The summed E-state index contributed by atoms with van der Waals surface area (Å²) in [7, 11) is 1.48. The van der Waals surface area contributed by atoms with E-state index in [-0.39, 0.29) is 15.7 Å². The maximum atomic E-state index is 11.5. The van der Waals surface area contributed by atoms with E-state index in [1.54, 1.807) is 6.07 Å². The van der Waals surface area contributed by atoms with Crippen molar-refractivity contribution in [1.82, 2.24) is 0 Å². The van der Waals surface area contributed by atoms with E-state index in [1.807, 2.05) is 0 Å². The van der Waals surface area contributed by atoms with E-state index >= 15 is 0 Å². The van der Waals surface area contributed by atoms with Gasteiger partial charge in [0.25, 0.3) is 9.05 Å². The van der Waals surface area contributed by atoms with Gasteiger partial charge in [0.1, 0.15) is 4.90 Å². The van der Waals surface area contributed by atoms with Gasteiger partial charge in [-0.2, -0.15) is 0 Å². The Morgan fingerprint density at radius 2 is 2.00 bits per heavy atom. The van der Waals surface area contributed by atoms with Gasteiger partial charge >= 0.3 is 0 Å². The molecule has 0 saturated heterocycles. The summed E-state index contributed by atoms with van der Waals surface area (Å²) in [5, 5.41) is 0.221. The van der Waals surface area contributed by atoms with Crippen LogP contribution in [0.3, 0.4) is 0 Å². The van der Waals surface area contributed by atoms with E-state index in [9.17, 15) is 8.42 Å². The average molecular weight is 390 g/mol. The average Bonchev–Trinajstić information content (AvgIpc) is 2.24. The van der Waals surface area contributed by atoms with Crippen molar-refractivity contribution in [2.24, 2.45) is 5.92 Å². The van der Waals surface area contributed by atoms with Gasteiger partial charge in [-0.3, -0.25) is 0 Å². The normalized spacial score (nSPS) is 11.9. The first-order valence-corrected chi connectivity index (χ1v) is 9.26. The number of hydrogen-bond donors (Lipinski definition) is 0. The van der Waals surface area contributed by atoms with Crippen molar-refractivity contribution in [1.29, 1.82) is 0 Å². The molecule has 7 heteroatoms. The Kier molecular flexibility index (Phi) is 6.43. The molecule has 3 nitrogen and oxygen atoms in total. The number of benzene rings is 1. The second-order valence-corrected chi connectivity index (χ2v) is 8.39. The lowest BCUT2D eigenvalue weighted by molar-refractivity contribution is 0.291. The van der Waals surface area contributed by atoms with Crippen LogP contribution in [-0.4, -0.2) is 15.0 Å². The molecule has 0 aromatic heterocycles. The van der Waals surface area contributed by atoms with Crippen LogP contribution in [-0.2, 0) is 9.05 Å². The van der Waals surface area contributed by atoms with Crippen LogP contribution in [0, 0.1) is 5.92 Å². The number of hydrogen-bond acceptors (Lipinski definition) is 3. The molecule has 19 heavy (non-hydrogen) atoms. The lowest BCUT2D eigenvalue weighted by atomic mass is 10.1. The molecule has 0 aliphatic carbocycles. The molecule has 0 spiro atoms. The van der Waals surface area contributed by atoms with Crippen LogP contribution in [0.15, 0.2) is 21.5 Å². The molecule has 0 aliphatic heterocycles. The van der Waals surface area contributed by atoms with Crippen molar-refractivity contribution in [3.63, 3.8) is 0 Å². The van der Waals surface area contributed by atoms with Crippen LogP contribution in [0.4, 0.5) is 0 Å². The fourth-order valence-electron chi connectivity index (χ4n) is 1.52. The van der Waals surface area contributed by atoms with Crippen LogP contribution in [0.25, 0.3) is 0 Å². The molecule has 0 heterocycles. The third kappa shape index (κ3) is 5.50. The highest BCUT2D eigenvalue weighted by Crippen LogP contribution is 2.37. The first-order valence-electron chi connectivity index (χ1n) is 5.78. The molecule has 0 atom stereocenters. The molecule has 0 fully saturated rings. The van der Waals surface area contributed by atoms with Crippen LogP contribution in [0.2, 0.25) is 5.02 Å². The predicted octanol–water partition coefficient (Wildman–Crippen LogP) is 4.85. The Morgan fingerprint density at radius 3 is 2.53 bits per heavy atom. The van der Waals surface area contributed by atoms with E-state index in [2.05, 4.69) is 29.8 Å². The van der Waals surface area contributed by atoms with Gasteiger partial charge in [-0.05, 0) is 30.9 Å². The highest BCUT2D eigenvalue weighted by Gasteiger charge is 2.20. The summed E-state index contributed by atoms with van der Waals surface area (Å²) in [5.41, 5.74) is 0. The Balaban J connectivity index is 2.93. The van der Waals surface area contributed by atoms with E-state index < -0.39 is 9.05 Å². The SMILES string of the molecule is CC(C)CCCOc1c(Cl)cc(Br)cc1S(=O)(=O)Cl. The van der Waals surface area contributed by atoms with Crippen molar-refractivity contribution in [3.05, 3.63) is 21.6 Å². The predicted molar refractivity (Wildman–Crippen MR) is 81.8 cm³/mol. The van der Waals surface area contributed by atoms with Gasteiger partial charge in [-0.25, -0.2) is 8.42 Å². The molecule has 108 valence electrons. The van der Waals surface area contributed by atoms with Crippen molar-refractivity contribution in [2.75, 3.05) is 6.61 Å². The standard InChI is InChI=1S/C12H15BrCl2O3S/c1-8(2)4-3-5-18-12-10(14)6-9(13)7-11(12)19(15,16)17/h6-8H,3-5H2,1-2H3. The minimum Gasteiger partial charge on any atom is -0.491 e. The fourth-order valence-corrected chi connectivity index (χ4v) is 3.60. The highest BCUT2D eigenvalue weighted by atomic mass is 79.9. The van der Waals surface area contributed by atoms with Crippen LogP contribution < -0.4 is 4.74 Å². The van der Waals surface area contributed by atoms with Gasteiger partial charge in [-0.15, -0.1) is 0 Å². The molecule has 0 amide bonds. The van der Waals surface area contributed by atoms with Gasteiger partial charge in [0.2, 0.25) is 0 Å². The van der Waals surface area contributed by atoms with Crippen molar-refractivity contribution in [3.8, 4) is 5.75 Å². The van der Waals surface area contributed by atoms with E-state index in [0.717, 1.165) is 12.8 Å². The second kappa shape index (κ2) is 7.16. The van der Waals surface area contributed by atoms with Gasteiger partial charge < -0.3 is 4.74 Å². The van der Waals surface area contributed by atoms with Crippen LogP contribution in [0.1, 0.15) is 26.7 Å². The van der Waals surface area contributed by atoms with Gasteiger partial charge in [0.15, 0.2) is 5.75 Å². The van der Waals surface area contributed by atoms with Crippen molar-refractivity contribution >= 4 is 47.3 Å². The number of rotatable bonds is 6. The molecule has 0 unspecified atom stereocenters. The molecule has 1 aromatic rings. The summed E-state index contributed by atoms with van der Waals surface area (Å²) < 4.78 is 29.0. The van der Waals surface area contributed by atoms with Gasteiger partial charge in [-0.1, -0.05) is 41.4 Å². The monoisotopic (exact) mass is 388 g/mol. The highest BCUT2D eigenvalue weighted by molar-refractivity contribution is 9.10. The molecular weight excluding hydrogens is 375 g/mol. The zero-order valence-electron chi connectivity index (χ0n) is 10.6. The molecular formula is C12H15BrCl2O3S. The van der Waals surface area contributed by atoms with Gasteiger partial charge in [0, 0.05) is 15.2 Å². The molecule has 0 aliphatic rings. The molecule has 1 aromatic carbocycles. The summed E-state index contributed by atoms with van der Waals surface area (Å²) in [4.78, 5) is -0.113. The lowest BCUT2D eigenvalue weighted by Gasteiger charge is -2.12. The molecule has 0 bridgehead atoms. The molecule has 0 N–H and O–H groups in total. The first-order chi connectivity index (χ1) is 8.71. The maximum Gasteiger partial charge on any atom is 0.265 e. The minimum absolute atomic E-state index is 0.113. The largest absolute Gasteiger partial charge is 0.491 e. The lowest BCUT2D eigenvalue weighted by Crippen LogP contribution is -2.04. The Hall–Kier alpha value is 0.0300. The third-order valence-corrected chi connectivity index (χ3v) is 4.48. The fraction of sp³-hybridized carbons (Fsp3) is 0.500. The van der Waals surface area contributed by atoms with Crippen molar-refractivity contribution < 1.29 is 13.2 Å². The molecule has 0 radical (unpaired) electrons. The third-order valence-electron chi connectivity index (χ3n) is 2.41. The summed E-state index contributed by atoms with van der Waals surface area (Å²) in [6.07, 6.45) is 1.82. The maximum absolute atomic E-state index is 11.5. The van der Waals surface area contributed by atoms with Crippen LogP contribution in [0.5, 0.6) is 5.75 Å². The summed E-state index contributed by atoms with van der Waals surface area (Å²) in [6, 6.07) is 2.96. The van der Waals surface area contributed by atoms with E-state index in [4.69, 9.17) is 27.0 Å². The van der Waals surface area contributed by atoms with Crippen LogP contribution >= 0.6 is 38.2 Å². The number of ether oxygens (including phenoxy) is 1. The quantitative estimate of drug-likeness (QED) is 0.516. The molecule has 1 rings (SSSR count).